The monoisotopic (exact) mass is 457 g/mol. The summed E-state index contributed by atoms with van der Waals surface area (Å²) < 4.78 is 45.2. The molecule has 3 aromatic rings. The highest BCUT2D eigenvalue weighted by atomic mass is 19.4. The molecule has 1 aromatic heterocycles. The number of anilines is 2. The van der Waals surface area contributed by atoms with Crippen LogP contribution in [0, 0.1) is 0 Å². The molecule has 172 valence electrons. The minimum atomic E-state index is -4.40. The number of rotatable bonds is 6. The van der Waals surface area contributed by atoms with Crippen molar-refractivity contribution in [1.29, 1.82) is 0 Å². The Morgan fingerprint density at radius 1 is 1.21 bits per heavy atom. The van der Waals surface area contributed by atoms with Gasteiger partial charge in [-0.05, 0) is 42.3 Å². The summed E-state index contributed by atoms with van der Waals surface area (Å²) in [6.07, 6.45) is -2.80. The Kier molecular flexibility index (Phi) is 6.13. The molecule has 1 aliphatic heterocycles. The number of hydrogen-bond acceptors (Lipinski definition) is 5. The molecule has 4 rings (SSSR count). The largest absolute Gasteiger partial charge is 0.489 e. The standard InChI is InChI=1S/C24H22F3N3O3/c1-15(17-5-7-18(8-6-17)23(31)32)29-22-21-20(9-10-28-22)33-12-11-30(21)14-16-3-2-4-19(13-16)24(25,26)27/h2-10,13,15H,11-12,14H2,1H3,(H,28,29)(H,31,32)/t15-/m0/s1. The van der Waals surface area contributed by atoms with Gasteiger partial charge in [0.25, 0.3) is 0 Å². The number of benzene rings is 2. The molecule has 2 heterocycles. The molecule has 0 aliphatic carbocycles. The Bertz CT molecular complexity index is 1150. The van der Waals surface area contributed by atoms with Gasteiger partial charge >= 0.3 is 12.1 Å². The second kappa shape index (κ2) is 9.01. The second-order valence-electron chi connectivity index (χ2n) is 7.77. The normalized spacial score (nSPS) is 14.2. The third-order valence-corrected chi connectivity index (χ3v) is 5.46. The van der Waals surface area contributed by atoms with Crippen LogP contribution >= 0.6 is 0 Å². The summed E-state index contributed by atoms with van der Waals surface area (Å²) in [6.45, 7) is 3.08. The molecule has 9 heteroatoms. The van der Waals surface area contributed by atoms with Crippen LogP contribution in [0.3, 0.4) is 0 Å². The maximum absolute atomic E-state index is 13.1. The van der Waals surface area contributed by atoms with E-state index in [1.165, 1.54) is 18.2 Å². The van der Waals surface area contributed by atoms with Gasteiger partial charge in [0, 0.05) is 18.8 Å². The van der Waals surface area contributed by atoms with Crippen molar-refractivity contribution in [3.63, 3.8) is 0 Å². The van der Waals surface area contributed by atoms with Gasteiger partial charge in [-0.2, -0.15) is 13.2 Å². The average molecular weight is 457 g/mol. The molecule has 2 aromatic carbocycles. The van der Waals surface area contributed by atoms with Gasteiger partial charge in [0.1, 0.15) is 18.0 Å². The number of aromatic nitrogens is 1. The number of halogens is 3. The van der Waals surface area contributed by atoms with Crippen LogP contribution in [0.5, 0.6) is 5.75 Å². The lowest BCUT2D eigenvalue weighted by Gasteiger charge is -2.33. The third kappa shape index (κ3) is 5.02. The summed E-state index contributed by atoms with van der Waals surface area (Å²) in [5, 5.41) is 12.4. The van der Waals surface area contributed by atoms with E-state index in [-0.39, 0.29) is 18.2 Å². The van der Waals surface area contributed by atoms with Gasteiger partial charge in [0.15, 0.2) is 5.82 Å². The minimum absolute atomic E-state index is 0.196. The predicted octanol–water partition coefficient (Wildman–Crippen LogP) is 5.37. The van der Waals surface area contributed by atoms with Gasteiger partial charge in [-0.1, -0.05) is 24.3 Å². The molecule has 0 saturated carbocycles. The molecule has 0 fully saturated rings. The van der Waals surface area contributed by atoms with E-state index in [4.69, 9.17) is 9.84 Å². The maximum Gasteiger partial charge on any atom is 0.416 e. The number of carboxylic acid groups (broad SMARTS) is 1. The molecule has 2 N–H and O–H groups in total. The van der Waals surface area contributed by atoms with E-state index in [0.29, 0.717) is 36.0 Å². The van der Waals surface area contributed by atoms with Gasteiger partial charge in [-0.15, -0.1) is 0 Å². The van der Waals surface area contributed by atoms with Crippen molar-refractivity contribution < 1.29 is 27.8 Å². The third-order valence-electron chi connectivity index (χ3n) is 5.46. The molecule has 0 amide bonds. The van der Waals surface area contributed by atoms with Gasteiger partial charge in [-0.25, -0.2) is 9.78 Å². The number of nitrogens with zero attached hydrogens (tertiary/aromatic N) is 2. The topological polar surface area (TPSA) is 74.7 Å². The number of ether oxygens (including phenoxy) is 1. The van der Waals surface area contributed by atoms with Crippen LogP contribution in [0.2, 0.25) is 0 Å². The highest BCUT2D eigenvalue weighted by molar-refractivity contribution is 5.87. The van der Waals surface area contributed by atoms with Crippen LogP contribution in [0.15, 0.2) is 60.8 Å². The number of alkyl halides is 3. The van der Waals surface area contributed by atoms with Gasteiger partial charge in [0.05, 0.1) is 23.7 Å². The van der Waals surface area contributed by atoms with Crippen LogP contribution < -0.4 is 15.0 Å². The summed E-state index contributed by atoms with van der Waals surface area (Å²) >= 11 is 0. The Labute approximate surface area is 188 Å². The number of fused-ring (bicyclic) bond motifs is 1. The van der Waals surface area contributed by atoms with Crippen LogP contribution in [0.4, 0.5) is 24.7 Å². The number of nitrogens with one attached hydrogen (secondary N) is 1. The first-order valence-corrected chi connectivity index (χ1v) is 10.3. The molecular formula is C24H22F3N3O3. The summed E-state index contributed by atoms with van der Waals surface area (Å²) in [5.41, 5.74) is 1.58. The quantitative estimate of drug-likeness (QED) is 0.518. The van der Waals surface area contributed by atoms with Crippen LogP contribution in [-0.2, 0) is 12.7 Å². The van der Waals surface area contributed by atoms with Crippen molar-refractivity contribution in [2.75, 3.05) is 23.4 Å². The first kappa shape index (κ1) is 22.4. The Hall–Kier alpha value is -3.75. The maximum atomic E-state index is 13.1. The summed E-state index contributed by atoms with van der Waals surface area (Å²) in [4.78, 5) is 17.5. The van der Waals surface area contributed by atoms with Crippen molar-refractivity contribution in [3.8, 4) is 5.75 Å². The lowest BCUT2D eigenvalue weighted by atomic mass is 10.1. The fourth-order valence-corrected chi connectivity index (χ4v) is 3.77. The molecule has 6 nitrogen and oxygen atoms in total. The molecule has 0 unspecified atom stereocenters. The lowest BCUT2D eigenvalue weighted by Crippen LogP contribution is -2.33. The number of carbonyl (C=O) groups is 1. The van der Waals surface area contributed by atoms with E-state index in [1.54, 1.807) is 30.5 Å². The molecular weight excluding hydrogens is 435 g/mol. The van der Waals surface area contributed by atoms with E-state index in [1.807, 2.05) is 11.8 Å². The summed E-state index contributed by atoms with van der Waals surface area (Å²) in [6, 6.07) is 13.3. The van der Waals surface area contributed by atoms with Gasteiger partial charge in [0.2, 0.25) is 0 Å². The van der Waals surface area contributed by atoms with E-state index < -0.39 is 17.7 Å². The molecule has 1 aliphatic rings. The molecule has 0 spiro atoms. The van der Waals surface area contributed by atoms with E-state index in [2.05, 4.69) is 10.3 Å². The van der Waals surface area contributed by atoms with Crippen molar-refractivity contribution in [2.45, 2.75) is 25.7 Å². The highest BCUT2D eigenvalue weighted by Gasteiger charge is 2.31. The summed E-state index contributed by atoms with van der Waals surface area (Å²) in [7, 11) is 0. The van der Waals surface area contributed by atoms with Crippen molar-refractivity contribution in [2.24, 2.45) is 0 Å². The van der Waals surface area contributed by atoms with Crippen molar-refractivity contribution >= 4 is 17.5 Å². The van der Waals surface area contributed by atoms with Crippen LogP contribution in [-0.4, -0.2) is 29.2 Å². The average Bonchev–Trinajstić information content (AvgIpc) is 2.79. The smallest absolute Gasteiger partial charge is 0.416 e. The van der Waals surface area contributed by atoms with Crippen LogP contribution in [0.25, 0.3) is 0 Å². The number of pyridine rings is 1. The summed E-state index contributed by atoms with van der Waals surface area (Å²) in [5.74, 6) is 0.136. The first-order chi connectivity index (χ1) is 15.7. The Balaban J connectivity index is 1.59. The predicted molar refractivity (Wildman–Crippen MR) is 118 cm³/mol. The van der Waals surface area contributed by atoms with Gasteiger partial charge < -0.3 is 20.1 Å². The zero-order valence-corrected chi connectivity index (χ0v) is 17.8. The minimum Gasteiger partial charge on any atom is -0.489 e. The van der Waals surface area contributed by atoms with Gasteiger partial charge in [-0.3, -0.25) is 0 Å². The van der Waals surface area contributed by atoms with E-state index in [0.717, 1.165) is 17.7 Å². The SMILES string of the molecule is C[C@H](Nc1nccc2c1N(Cc1cccc(C(F)(F)F)c1)CCO2)c1ccc(C(=O)O)cc1. The fourth-order valence-electron chi connectivity index (χ4n) is 3.77. The molecule has 1 atom stereocenters. The number of aromatic carboxylic acids is 1. The lowest BCUT2D eigenvalue weighted by molar-refractivity contribution is -0.137. The Morgan fingerprint density at radius 3 is 2.67 bits per heavy atom. The van der Waals surface area contributed by atoms with Crippen LogP contribution in [0.1, 0.15) is 40.0 Å². The first-order valence-electron chi connectivity index (χ1n) is 10.3. The number of hydrogen-bond donors (Lipinski definition) is 2. The second-order valence-corrected chi connectivity index (χ2v) is 7.77. The highest BCUT2D eigenvalue weighted by Crippen LogP contribution is 2.39. The van der Waals surface area contributed by atoms with Crippen molar-refractivity contribution in [3.05, 3.63) is 83.0 Å². The Morgan fingerprint density at radius 2 is 1.97 bits per heavy atom. The zero-order valence-electron chi connectivity index (χ0n) is 17.8. The zero-order chi connectivity index (χ0) is 23.6. The fraction of sp³-hybridized carbons (Fsp3) is 0.250. The van der Waals surface area contributed by atoms with Crippen molar-refractivity contribution in [1.82, 2.24) is 4.98 Å². The molecule has 0 saturated heterocycles. The molecule has 0 bridgehead atoms. The molecule has 0 radical (unpaired) electrons. The molecule has 33 heavy (non-hydrogen) atoms. The van der Waals surface area contributed by atoms with E-state index >= 15 is 0 Å². The van der Waals surface area contributed by atoms with E-state index in [9.17, 15) is 18.0 Å². The number of carboxylic acids is 1.